The SMILES string of the molecule is [2H]C([2H])([2H])c1cc(-c2cccc3c2oc2nc(-c4c(C([2H])(C)C)cccc4C([2H])(C)C)ccc23)ncc1C([2H])(C)C. The molecular formula is C32H34N2O. The number of benzene rings is 2. The van der Waals surface area contributed by atoms with Crippen molar-refractivity contribution < 1.29 is 12.6 Å². The van der Waals surface area contributed by atoms with Gasteiger partial charge in [-0.1, -0.05) is 71.9 Å². The Labute approximate surface area is 216 Å². The maximum Gasteiger partial charge on any atom is 0.227 e. The number of pyridine rings is 2. The molecular weight excluding hydrogens is 428 g/mol. The number of rotatable bonds is 5. The fourth-order valence-corrected chi connectivity index (χ4v) is 4.68. The van der Waals surface area contributed by atoms with E-state index in [2.05, 4.69) is 4.98 Å². The number of aromatic nitrogens is 2. The smallest absolute Gasteiger partial charge is 0.227 e. The number of para-hydroxylation sites is 1. The summed E-state index contributed by atoms with van der Waals surface area (Å²) < 4.78 is 56.6. The predicted octanol–water partition coefficient (Wildman–Crippen LogP) is 9.39. The van der Waals surface area contributed by atoms with Crippen LogP contribution < -0.4 is 0 Å². The van der Waals surface area contributed by atoms with E-state index < -0.39 is 24.5 Å². The van der Waals surface area contributed by atoms with Crippen LogP contribution >= 0.6 is 0 Å². The molecule has 2 aromatic carbocycles. The molecule has 0 amide bonds. The average molecular weight is 469 g/mol. The highest BCUT2D eigenvalue weighted by Crippen LogP contribution is 2.39. The van der Waals surface area contributed by atoms with Crippen LogP contribution in [0.5, 0.6) is 0 Å². The molecule has 3 aromatic heterocycles. The van der Waals surface area contributed by atoms with Gasteiger partial charge in [0.05, 0.1) is 11.4 Å². The van der Waals surface area contributed by atoms with Gasteiger partial charge < -0.3 is 4.42 Å². The number of fused-ring (bicyclic) bond motifs is 3. The monoisotopic (exact) mass is 468 g/mol. The molecule has 178 valence electrons. The summed E-state index contributed by atoms with van der Waals surface area (Å²) >= 11 is 0. The van der Waals surface area contributed by atoms with Crippen molar-refractivity contribution in [3.8, 4) is 22.5 Å². The second-order valence-electron chi connectivity index (χ2n) is 9.68. The van der Waals surface area contributed by atoms with Crippen molar-refractivity contribution in [3.63, 3.8) is 0 Å². The van der Waals surface area contributed by atoms with E-state index in [-0.39, 0.29) is 5.56 Å². The van der Waals surface area contributed by atoms with Crippen molar-refractivity contribution in [1.82, 2.24) is 9.97 Å². The Kier molecular flexibility index (Phi) is 4.36. The number of furan rings is 1. The second-order valence-corrected chi connectivity index (χ2v) is 9.68. The third kappa shape index (κ3) is 4.03. The minimum Gasteiger partial charge on any atom is -0.437 e. The van der Waals surface area contributed by atoms with Gasteiger partial charge >= 0.3 is 0 Å². The summed E-state index contributed by atoms with van der Waals surface area (Å²) in [5.74, 6) is -2.96. The van der Waals surface area contributed by atoms with Gasteiger partial charge in [-0.3, -0.25) is 4.98 Å². The van der Waals surface area contributed by atoms with Crippen molar-refractivity contribution >= 4 is 22.1 Å². The van der Waals surface area contributed by atoms with Crippen LogP contribution in [0, 0.1) is 6.85 Å². The van der Waals surface area contributed by atoms with Gasteiger partial charge in [-0.25, -0.2) is 4.98 Å². The summed E-state index contributed by atoms with van der Waals surface area (Å²) in [5, 5.41) is 1.61. The van der Waals surface area contributed by atoms with Crippen molar-refractivity contribution in [1.29, 1.82) is 0 Å². The topological polar surface area (TPSA) is 38.9 Å². The second kappa shape index (κ2) is 8.96. The van der Waals surface area contributed by atoms with Crippen LogP contribution in [0.25, 0.3) is 44.6 Å². The third-order valence-corrected chi connectivity index (χ3v) is 6.48. The van der Waals surface area contributed by atoms with E-state index in [9.17, 15) is 0 Å². The van der Waals surface area contributed by atoms with Crippen LogP contribution in [0.15, 0.2) is 65.2 Å². The van der Waals surface area contributed by atoms with Gasteiger partial charge in [-0.2, -0.15) is 0 Å². The quantitative estimate of drug-likeness (QED) is 0.258. The molecule has 0 fully saturated rings. The lowest BCUT2D eigenvalue weighted by Crippen LogP contribution is -2.00. The first kappa shape index (κ1) is 17.0. The van der Waals surface area contributed by atoms with Crippen LogP contribution in [-0.2, 0) is 0 Å². The zero-order valence-electron chi connectivity index (χ0n) is 27.1. The van der Waals surface area contributed by atoms with Crippen LogP contribution in [-0.4, -0.2) is 9.97 Å². The molecule has 5 rings (SSSR count). The van der Waals surface area contributed by atoms with E-state index in [0.29, 0.717) is 33.8 Å². The third-order valence-electron chi connectivity index (χ3n) is 6.48. The highest BCUT2D eigenvalue weighted by molar-refractivity contribution is 6.08. The molecule has 0 radical (unpaired) electrons. The summed E-state index contributed by atoms with van der Waals surface area (Å²) in [5.41, 5.74) is 5.37. The highest BCUT2D eigenvalue weighted by atomic mass is 16.3. The maximum atomic E-state index is 8.78. The van der Waals surface area contributed by atoms with Crippen LogP contribution in [0.1, 0.15) is 89.7 Å². The fraction of sp³-hybridized carbons (Fsp3) is 0.312. The Morgan fingerprint density at radius 3 is 2.11 bits per heavy atom. The molecule has 0 saturated carbocycles. The van der Waals surface area contributed by atoms with Gasteiger partial charge in [0.15, 0.2) is 0 Å². The van der Waals surface area contributed by atoms with E-state index >= 15 is 0 Å². The minimum atomic E-state index is -2.41. The van der Waals surface area contributed by atoms with E-state index in [4.69, 9.17) is 17.6 Å². The zero-order valence-corrected chi connectivity index (χ0v) is 21.1. The summed E-state index contributed by atoms with van der Waals surface area (Å²) in [6, 6.07) is 16.7. The van der Waals surface area contributed by atoms with Crippen LogP contribution in [0.2, 0.25) is 0 Å². The summed E-state index contributed by atoms with van der Waals surface area (Å²) in [4.78, 5) is 9.46. The van der Waals surface area contributed by atoms with E-state index in [1.807, 2.05) is 76.2 Å². The lowest BCUT2D eigenvalue weighted by atomic mass is 9.87. The molecule has 0 N–H and O–H groups in total. The molecule has 0 bridgehead atoms. The summed E-state index contributed by atoms with van der Waals surface area (Å²) in [7, 11) is 0. The molecule has 5 aromatic rings. The summed E-state index contributed by atoms with van der Waals surface area (Å²) in [6.07, 6.45) is 1.48. The first-order valence-corrected chi connectivity index (χ1v) is 11.9. The Hall–Kier alpha value is -3.46. The molecule has 0 unspecified atom stereocenters. The number of hydrogen-bond donors (Lipinski definition) is 0. The Morgan fingerprint density at radius 2 is 1.46 bits per heavy atom. The van der Waals surface area contributed by atoms with E-state index in [1.165, 1.54) is 12.3 Å². The normalized spacial score (nSPS) is 15.8. The predicted molar refractivity (Wildman–Crippen MR) is 147 cm³/mol. The molecule has 0 saturated heterocycles. The van der Waals surface area contributed by atoms with Gasteiger partial charge in [-0.15, -0.1) is 0 Å². The molecule has 0 spiro atoms. The fourth-order valence-electron chi connectivity index (χ4n) is 4.68. The van der Waals surface area contributed by atoms with Crippen molar-refractivity contribution in [3.05, 3.63) is 83.0 Å². The molecule has 0 aliphatic heterocycles. The maximum absolute atomic E-state index is 8.78. The molecule has 0 atom stereocenters. The van der Waals surface area contributed by atoms with Crippen LogP contribution in [0.3, 0.4) is 0 Å². The van der Waals surface area contributed by atoms with E-state index in [0.717, 1.165) is 27.5 Å². The Balaban J connectivity index is 1.74. The molecule has 35 heavy (non-hydrogen) atoms. The van der Waals surface area contributed by atoms with E-state index in [1.54, 1.807) is 13.8 Å². The standard InChI is InChI=1S/C32H34N2O/c1-18(2)22-10-8-11-23(19(3)4)30(22)28-15-14-25-24-12-9-13-26(31(24)35-32(25)34-28)29-16-21(7)27(17-33-29)20(5)6/h8-20H,1-7H3/i7D3,18D,19D,20D. The molecule has 3 heterocycles. The van der Waals surface area contributed by atoms with Crippen molar-refractivity contribution in [2.75, 3.05) is 0 Å². The van der Waals surface area contributed by atoms with Gasteiger partial charge in [0.2, 0.25) is 5.71 Å². The highest BCUT2D eigenvalue weighted by Gasteiger charge is 2.19. The van der Waals surface area contributed by atoms with Crippen molar-refractivity contribution in [2.24, 2.45) is 0 Å². The average Bonchev–Trinajstić information content (AvgIpc) is 3.24. The number of aryl methyl sites for hydroxylation is 1. The summed E-state index contributed by atoms with van der Waals surface area (Å²) in [6.45, 7) is 8.19. The first-order chi connectivity index (χ1) is 18.9. The van der Waals surface area contributed by atoms with Crippen LogP contribution in [0.4, 0.5) is 0 Å². The van der Waals surface area contributed by atoms with Gasteiger partial charge in [0.25, 0.3) is 0 Å². The molecule has 0 aliphatic rings. The van der Waals surface area contributed by atoms with Gasteiger partial charge in [0.1, 0.15) is 5.58 Å². The number of nitrogens with zero attached hydrogens (tertiary/aromatic N) is 2. The molecule has 3 nitrogen and oxygen atoms in total. The lowest BCUT2D eigenvalue weighted by Gasteiger charge is -2.19. The number of hydrogen-bond acceptors (Lipinski definition) is 3. The minimum absolute atomic E-state index is 0.0937. The Morgan fingerprint density at radius 1 is 0.771 bits per heavy atom. The largest absolute Gasteiger partial charge is 0.437 e. The first-order valence-electron chi connectivity index (χ1n) is 14.9. The van der Waals surface area contributed by atoms with Gasteiger partial charge in [-0.05, 0) is 71.1 Å². The van der Waals surface area contributed by atoms with Gasteiger partial charge in [0, 0.05) is 36.3 Å². The molecule has 0 aliphatic carbocycles. The van der Waals surface area contributed by atoms with Crippen molar-refractivity contribution in [2.45, 2.75) is 66.1 Å². The Bertz CT molecular complexity index is 1750. The molecule has 3 heteroatoms. The lowest BCUT2D eigenvalue weighted by molar-refractivity contribution is 0.655. The zero-order chi connectivity index (χ0) is 30.1.